The number of benzene rings is 1. The summed E-state index contributed by atoms with van der Waals surface area (Å²) in [7, 11) is 0. The number of aromatic nitrogens is 1. The molecule has 0 saturated carbocycles. The standard InChI is InChI=1S/C19H24N2O5/c1-12(20-18(23)26-19(3,4)5)16-21-15(13(2)25-16)17(22)24-11-14-9-7-6-8-10-14/h6-10,12H,11H2,1-5H3,(H,20,23). The number of nitrogens with one attached hydrogen (secondary N) is 1. The number of oxazole rings is 1. The summed E-state index contributed by atoms with van der Waals surface area (Å²) in [6.07, 6.45) is -0.589. The summed E-state index contributed by atoms with van der Waals surface area (Å²) in [6.45, 7) is 8.77. The molecule has 0 radical (unpaired) electrons. The van der Waals surface area contributed by atoms with Crippen molar-refractivity contribution < 1.29 is 23.5 Å². The van der Waals surface area contributed by atoms with E-state index in [9.17, 15) is 9.59 Å². The van der Waals surface area contributed by atoms with Gasteiger partial charge in [-0.1, -0.05) is 30.3 Å². The van der Waals surface area contributed by atoms with Crippen molar-refractivity contribution in [3.63, 3.8) is 0 Å². The molecular formula is C19H24N2O5. The fourth-order valence-corrected chi connectivity index (χ4v) is 2.13. The number of esters is 1. The van der Waals surface area contributed by atoms with Gasteiger partial charge in [-0.2, -0.15) is 0 Å². The molecule has 1 N–H and O–H groups in total. The molecule has 140 valence electrons. The van der Waals surface area contributed by atoms with Crippen LogP contribution in [0.5, 0.6) is 0 Å². The second-order valence-corrected chi connectivity index (χ2v) is 6.89. The van der Waals surface area contributed by atoms with Gasteiger partial charge in [0.05, 0.1) is 0 Å². The third-order valence-electron chi connectivity index (χ3n) is 3.32. The van der Waals surface area contributed by atoms with Gasteiger partial charge in [-0.05, 0) is 40.2 Å². The van der Waals surface area contributed by atoms with Crippen LogP contribution < -0.4 is 5.32 Å². The van der Waals surface area contributed by atoms with Gasteiger partial charge in [-0.3, -0.25) is 0 Å². The van der Waals surface area contributed by atoms with E-state index >= 15 is 0 Å². The first-order valence-electron chi connectivity index (χ1n) is 8.33. The van der Waals surface area contributed by atoms with Crippen molar-refractivity contribution in [3.05, 3.63) is 53.2 Å². The van der Waals surface area contributed by atoms with E-state index in [-0.39, 0.29) is 18.2 Å². The van der Waals surface area contributed by atoms with Gasteiger partial charge in [-0.25, -0.2) is 14.6 Å². The Labute approximate surface area is 152 Å². The SMILES string of the molecule is Cc1oc(C(C)NC(=O)OC(C)(C)C)nc1C(=O)OCc1ccccc1. The van der Waals surface area contributed by atoms with Crippen LogP contribution in [0.3, 0.4) is 0 Å². The van der Waals surface area contributed by atoms with Gasteiger partial charge in [0.2, 0.25) is 5.89 Å². The quantitative estimate of drug-likeness (QED) is 0.813. The Morgan fingerprint density at radius 2 is 1.88 bits per heavy atom. The highest BCUT2D eigenvalue weighted by Crippen LogP contribution is 2.18. The fourth-order valence-electron chi connectivity index (χ4n) is 2.13. The van der Waals surface area contributed by atoms with Crippen molar-refractivity contribution in [2.24, 2.45) is 0 Å². The van der Waals surface area contributed by atoms with E-state index < -0.39 is 23.7 Å². The molecule has 1 unspecified atom stereocenters. The fraction of sp³-hybridized carbons (Fsp3) is 0.421. The van der Waals surface area contributed by atoms with Gasteiger partial charge in [0.25, 0.3) is 0 Å². The van der Waals surface area contributed by atoms with E-state index in [0.717, 1.165) is 5.56 Å². The zero-order valence-electron chi connectivity index (χ0n) is 15.7. The maximum absolute atomic E-state index is 12.2. The van der Waals surface area contributed by atoms with Crippen LogP contribution in [0, 0.1) is 6.92 Å². The van der Waals surface area contributed by atoms with Gasteiger partial charge in [0.1, 0.15) is 24.0 Å². The molecule has 26 heavy (non-hydrogen) atoms. The van der Waals surface area contributed by atoms with Crippen LogP contribution in [0.15, 0.2) is 34.7 Å². The highest BCUT2D eigenvalue weighted by molar-refractivity contribution is 5.88. The van der Waals surface area contributed by atoms with Crippen LogP contribution in [0.4, 0.5) is 4.79 Å². The monoisotopic (exact) mass is 360 g/mol. The topological polar surface area (TPSA) is 90.7 Å². The highest BCUT2D eigenvalue weighted by Gasteiger charge is 2.24. The smallest absolute Gasteiger partial charge is 0.408 e. The molecule has 0 fully saturated rings. The lowest BCUT2D eigenvalue weighted by atomic mass is 10.2. The molecule has 0 spiro atoms. The predicted molar refractivity (Wildman–Crippen MR) is 94.6 cm³/mol. The van der Waals surface area contributed by atoms with Gasteiger partial charge >= 0.3 is 12.1 Å². The predicted octanol–water partition coefficient (Wildman–Crippen LogP) is 3.93. The molecule has 2 aromatic rings. The normalized spacial score (nSPS) is 12.3. The number of nitrogens with zero attached hydrogens (tertiary/aromatic N) is 1. The minimum atomic E-state index is -0.608. The zero-order valence-corrected chi connectivity index (χ0v) is 15.7. The molecule has 1 aromatic heterocycles. The Morgan fingerprint density at radius 3 is 2.50 bits per heavy atom. The van der Waals surface area contributed by atoms with E-state index in [2.05, 4.69) is 10.3 Å². The number of amides is 1. The first-order valence-corrected chi connectivity index (χ1v) is 8.33. The maximum atomic E-state index is 12.2. The molecule has 0 saturated heterocycles. The molecule has 1 aromatic carbocycles. The number of rotatable bonds is 5. The summed E-state index contributed by atoms with van der Waals surface area (Å²) in [6, 6.07) is 8.79. The van der Waals surface area contributed by atoms with Gasteiger partial charge < -0.3 is 19.2 Å². The van der Waals surface area contributed by atoms with Crippen LogP contribution in [0.1, 0.15) is 61.4 Å². The van der Waals surface area contributed by atoms with Crippen LogP contribution >= 0.6 is 0 Å². The van der Waals surface area contributed by atoms with Crippen LogP contribution in [0.2, 0.25) is 0 Å². The summed E-state index contributed by atoms with van der Waals surface area (Å²) >= 11 is 0. The first kappa shape index (κ1) is 19.5. The van der Waals surface area contributed by atoms with E-state index in [1.807, 2.05) is 30.3 Å². The van der Waals surface area contributed by atoms with Crippen LogP contribution in [-0.2, 0) is 16.1 Å². The first-order chi connectivity index (χ1) is 12.2. The second-order valence-electron chi connectivity index (χ2n) is 6.89. The lowest BCUT2D eigenvalue weighted by molar-refractivity contribution is 0.0463. The molecule has 0 aliphatic rings. The van der Waals surface area contributed by atoms with Crippen molar-refractivity contribution in [1.82, 2.24) is 10.3 Å². The Morgan fingerprint density at radius 1 is 1.23 bits per heavy atom. The Bertz CT molecular complexity index is 762. The van der Waals surface area contributed by atoms with Crippen molar-refractivity contribution in [3.8, 4) is 0 Å². The third kappa shape index (κ3) is 5.61. The van der Waals surface area contributed by atoms with Gasteiger partial charge in [0, 0.05) is 0 Å². The number of ether oxygens (including phenoxy) is 2. The van der Waals surface area contributed by atoms with Gasteiger partial charge in [0.15, 0.2) is 5.69 Å². The van der Waals surface area contributed by atoms with E-state index in [0.29, 0.717) is 5.76 Å². The summed E-state index contributed by atoms with van der Waals surface area (Å²) in [5, 5.41) is 2.62. The molecule has 7 heteroatoms. The molecule has 0 aliphatic carbocycles. The lowest BCUT2D eigenvalue weighted by Gasteiger charge is -2.21. The third-order valence-corrected chi connectivity index (χ3v) is 3.32. The van der Waals surface area contributed by atoms with Crippen molar-refractivity contribution >= 4 is 12.1 Å². The van der Waals surface area contributed by atoms with E-state index in [4.69, 9.17) is 13.9 Å². The molecule has 2 rings (SSSR count). The van der Waals surface area contributed by atoms with Crippen molar-refractivity contribution in [2.75, 3.05) is 0 Å². The number of hydrogen-bond acceptors (Lipinski definition) is 6. The number of hydrogen-bond donors (Lipinski definition) is 1. The Hall–Kier alpha value is -2.83. The van der Waals surface area contributed by atoms with E-state index in [1.54, 1.807) is 34.6 Å². The lowest BCUT2D eigenvalue weighted by Crippen LogP contribution is -2.34. The van der Waals surface area contributed by atoms with Crippen molar-refractivity contribution in [2.45, 2.75) is 52.9 Å². The van der Waals surface area contributed by atoms with Crippen LogP contribution in [0.25, 0.3) is 0 Å². The summed E-state index contributed by atoms with van der Waals surface area (Å²) in [4.78, 5) is 28.2. The summed E-state index contributed by atoms with van der Waals surface area (Å²) in [5.41, 5.74) is 0.360. The molecule has 7 nitrogen and oxygen atoms in total. The minimum absolute atomic E-state index is 0.0915. The van der Waals surface area contributed by atoms with Gasteiger partial charge in [-0.15, -0.1) is 0 Å². The van der Waals surface area contributed by atoms with E-state index in [1.165, 1.54) is 0 Å². The number of aryl methyl sites for hydroxylation is 1. The Balaban J connectivity index is 1.98. The minimum Gasteiger partial charge on any atom is -0.456 e. The molecule has 1 heterocycles. The molecule has 0 aliphatic heterocycles. The molecule has 0 bridgehead atoms. The maximum Gasteiger partial charge on any atom is 0.408 e. The highest BCUT2D eigenvalue weighted by atomic mass is 16.6. The Kier molecular flexibility index (Phi) is 6.02. The van der Waals surface area contributed by atoms with Crippen LogP contribution in [-0.4, -0.2) is 22.6 Å². The zero-order chi connectivity index (χ0) is 19.3. The summed E-state index contributed by atoms with van der Waals surface area (Å²) < 4.78 is 16.0. The largest absolute Gasteiger partial charge is 0.456 e. The molecular weight excluding hydrogens is 336 g/mol. The number of carbonyl (C=O) groups excluding carboxylic acids is 2. The average Bonchev–Trinajstić information content (AvgIpc) is 2.94. The van der Waals surface area contributed by atoms with Crippen molar-refractivity contribution in [1.29, 1.82) is 0 Å². The average molecular weight is 360 g/mol. The number of carbonyl (C=O) groups is 2. The second kappa shape index (κ2) is 8.03. The summed E-state index contributed by atoms with van der Waals surface area (Å²) in [5.74, 6) is -0.0401. The number of alkyl carbamates (subject to hydrolysis) is 1. The molecule has 1 atom stereocenters. The molecule has 1 amide bonds.